The summed E-state index contributed by atoms with van der Waals surface area (Å²) in [6, 6.07) is 12.6. The third-order valence-electron chi connectivity index (χ3n) is 3.59. The zero-order valence-corrected chi connectivity index (χ0v) is 13.1. The maximum atomic E-state index is 12.0. The Morgan fingerprint density at radius 2 is 1.96 bits per heavy atom. The quantitative estimate of drug-likeness (QED) is 0.723. The van der Waals surface area contributed by atoms with Gasteiger partial charge in [-0.2, -0.15) is 0 Å². The van der Waals surface area contributed by atoms with Gasteiger partial charge < -0.3 is 15.6 Å². The zero-order valence-electron chi connectivity index (χ0n) is 13.1. The van der Waals surface area contributed by atoms with Crippen molar-refractivity contribution in [1.29, 1.82) is 0 Å². The molecular weight excluding hydrogens is 304 g/mol. The van der Waals surface area contributed by atoms with Gasteiger partial charge in [-0.25, -0.2) is 4.98 Å². The van der Waals surface area contributed by atoms with Crippen LogP contribution in [0.3, 0.4) is 0 Å². The molecule has 0 bridgehead atoms. The molecule has 3 rings (SSSR count). The van der Waals surface area contributed by atoms with Crippen LogP contribution in [0.5, 0.6) is 0 Å². The highest BCUT2D eigenvalue weighted by molar-refractivity contribution is 6.03. The number of amides is 2. The molecule has 0 aliphatic heterocycles. The number of benzene rings is 1. The minimum atomic E-state index is -0.641. The fraction of sp³-hybridized carbons (Fsp3) is 0.0556. The summed E-state index contributed by atoms with van der Waals surface area (Å²) in [6.45, 7) is 0. The molecule has 2 heterocycles. The third-order valence-corrected chi connectivity index (χ3v) is 3.59. The summed E-state index contributed by atoms with van der Waals surface area (Å²) >= 11 is 0. The molecule has 0 aliphatic carbocycles. The molecular formula is C18H16N4O2. The molecule has 0 radical (unpaired) electrons. The molecule has 2 amide bonds. The van der Waals surface area contributed by atoms with Gasteiger partial charge in [0.15, 0.2) is 0 Å². The average Bonchev–Trinajstić information content (AvgIpc) is 2.90. The van der Waals surface area contributed by atoms with Crippen molar-refractivity contribution in [3.8, 4) is 0 Å². The molecule has 6 nitrogen and oxygen atoms in total. The first-order valence-electron chi connectivity index (χ1n) is 7.34. The second-order valence-corrected chi connectivity index (χ2v) is 5.31. The standard InChI is InChI=1S/C18H16N4O2/c1-22-11-12(13-5-2-3-7-15(13)22)9-10-17(23)21-16-8-4-6-14(20-16)18(19)24/h2-11H,1H3,(H2,19,24)(H,20,21,23)/b10-9+. The second kappa shape index (κ2) is 6.37. The predicted octanol–water partition coefficient (Wildman–Crippen LogP) is 2.32. The number of para-hydroxylation sites is 1. The number of nitrogens with zero attached hydrogens (tertiary/aromatic N) is 2. The molecule has 0 aliphatic rings. The van der Waals surface area contributed by atoms with Crippen molar-refractivity contribution < 1.29 is 9.59 Å². The van der Waals surface area contributed by atoms with E-state index in [1.54, 1.807) is 18.2 Å². The number of primary amides is 1. The minimum Gasteiger partial charge on any atom is -0.364 e. The number of hydrogen-bond donors (Lipinski definition) is 2. The summed E-state index contributed by atoms with van der Waals surface area (Å²) in [5.74, 6) is -0.701. The SMILES string of the molecule is Cn1cc(/C=C/C(=O)Nc2cccc(C(N)=O)n2)c2ccccc21. The highest BCUT2D eigenvalue weighted by atomic mass is 16.2. The molecule has 6 heteroatoms. The lowest BCUT2D eigenvalue weighted by atomic mass is 10.1. The van der Waals surface area contributed by atoms with Gasteiger partial charge in [0.25, 0.3) is 5.91 Å². The summed E-state index contributed by atoms with van der Waals surface area (Å²) in [7, 11) is 1.96. The zero-order chi connectivity index (χ0) is 17.1. The van der Waals surface area contributed by atoms with E-state index in [1.807, 2.05) is 42.1 Å². The van der Waals surface area contributed by atoms with E-state index < -0.39 is 5.91 Å². The molecule has 0 unspecified atom stereocenters. The number of hydrogen-bond acceptors (Lipinski definition) is 3. The molecule has 0 atom stereocenters. The smallest absolute Gasteiger partial charge is 0.267 e. The summed E-state index contributed by atoms with van der Waals surface area (Å²) < 4.78 is 2.00. The fourth-order valence-corrected chi connectivity index (χ4v) is 2.48. The van der Waals surface area contributed by atoms with Crippen LogP contribution in [0.15, 0.2) is 54.7 Å². The van der Waals surface area contributed by atoms with Crippen molar-refractivity contribution in [2.75, 3.05) is 5.32 Å². The number of nitrogens with two attached hydrogens (primary N) is 1. The summed E-state index contributed by atoms with van der Waals surface area (Å²) in [6.07, 6.45) is 5.14. The van der Waals surface area contributed by atoms with Gasteiger partial charge in [0.2, 0.25) is 5.91 Å². The van der Waals surface area contributed by atoms with E-state index in [9.17, 15) is 9.59 Å². The fourth-order valence-electron chi connectivity index (χ4n) is 2.48. The van der Waals surface area contributed by atoms with E-state index in [-0.39, 0.29) is 17.4 Å². The number of pyridine rings is 1. The van der Waals surface area contributed by atoms with Crippen molar-refractivity contribution in [2.24, 2.45) is 12.8 Å². The largest absolute Gasteiger partial charge is 0.364 e. The third kappa shape index (κ3) is 3.17. The maximum Gasteiger partial charge on any atom is 0.267 e. The normalized spacial score (nSPS) is 11.0. The van der Waals surface area contributed by atoms with Crippen LogP contribution in [0.25, 0.3) is 17.0 Å². The Kier molecular flexibility index (Phi) is 4.11. The van der Waals surface area contributed by atoms with Gasteiger partial charge in [-0.1, -0.05) is 24.3 Å². The van der Waals surface area contributed by atoms with Crippen LogP contribution < -0.4 is 11.1 Å². The maximum absolute atomic E-state index is 12.0. The van der Waals surface area contributed by atoms with Crippen LogP contribution in [0.4, 0.5) is 5.82 Å². The number of fused-ring (bicyclic) bond motifs is 1. The van der Waals surface area contributed by atoms with Crippen LogP contribution >= 0.6 is 0 Å². The molecule has 3 N–H and O–H groups in total. The highest BCUT2D eigenvalue weighted by Gasteiger charge is 2.06. The van der Waals surface area contributed by atoms with Crippen molar-refractivity contribution in [3.05, 3.63) is 66.0 Å². The van der Waals surface area contributed by atoms with Gasteiger partial charge in [0.05, 0.1) is 0 Å². The molecule has 0 saturated carbocycles. The first kappa shape index (κ1) is 15.5. The van der Waals surface area contributed by atoms with Crippen LogP contribution in [0.2, 0.25) is 0 Å². The van der Waals surface area contributed by atoms with Crippen LogP contribution in [0, 0.1) is 0 Å². The minimum absolute atomic E-state index is 0.103. The Morgan fingerprint density at radius 1 is 1.17 bits per heavy atom. The first-order valence-corrected chi connectivity index (χ1v) is 7.34. The monoisotopic (exact) mass is 320 g/mol. The summed E-state index contributed by atoms with van der Waals surface area (Å²) in [5, 5.41) is 3.68. The molecule has 24 heavy (non-hydrogen) atoms. The number of carbonyl (C=O) groups excluding carboxylic acids is 2. The molecule has 0 spiro atoms. The Morgan fingerprint density at radius 3 is 2.75 bits per heavy atom. The van der Waals surface area contributed by atoms with Gasteiger partial charge in [-0.05, 0) is 24.3 Å². The molecule has 0 fully saturated rings. The highest BCUT2D eigenvalue weighted by Crippen LogP contribution is 2.21. The van der Waals surface area contributed by atoms with Crippen LogP contribution in [-0.2, 0) is 11.8 Å². The molecule has 3 aromatic rings. The number of carbonyl (C=O) groups is 2. The van der Waals surface area contributed by atoms with E-state index in [0.29, 0.717) is 0 Å². The van der Waals surface area contributed by atoms with Crippen molar-refractivity contribution in [1.82, 2.24) is 9.55 Å². The van der Waals surface area contributed by atoms with Gasteiger partial charge in [-0.15, -0.1) is 0 Å². The van der Waals surface area contributed by atoms with Crippen molar-refractivity contribution >= 4 is 34.6 Å². The topological polar surface area (TPSA) is 90.0 Å². The Balaban J connectivity index is 1.78. The summed E-state index contributed by atoms with van der Waals surface area (Å²) in [4.78, 5) is 27.1. The van der Waals surface area contributed by atoms with Crippen molar-refractivity contribution in [2.45, 2.75) is 0 Å². The predicted molar refractivity (Wildman–Crippen MR) is 93.3 cm³/mol. The number of aromatic nitrogens is 2. The lowest BCUT2D eigenvalue weighted by molar-refractivity contribution is -0.111. The van der Waals surface area contributed by atoms with Crippen LogP contribution in [-0.4, -0.2) is 21.4 Å². The summed E-state index contributed by atoms with van der Waals surface area (Å²) in [5.41, 5.74) is 7.31. The van der Waals surface area contributed by atoms with Gasteiger partial charge >= 0.3 is 0 Å². The number of rotatable bonds is 4. The number of anilines is 1. The van der Waals surface area contributed by atoms with E-state index in [4.69, 9.17) is 5.73 Å². The van der Waals surface area contributed by atoms with E-state index in [2.05, 4.69) is 10.3 Å². The molecule has 1 aromatic carbocycles. The van der Waals surface area contributed by atoms with E-state index in [1.165, 1.54) is 12.1 Å². The molecule has 0 saturated heterocycles. The second-order valence-electron chi connectivity index (χ2n) is 5.31. The van der Waals surface area contributed by atoms with E-state index in [0.717, 1.165) is 16.5 Å². The lowest BCUT2D eigenvalue weighted by Crippen LogP contribution is -2.15. The Bertz CT molecular complexity index is 957. The Labute approximate surface area is 138 Å². The average molecular weight is 320 g/mol. The van der Waals surface area contributed by atoms with E-state index >= 15 is 0 Å². The molecule has 120 valence electrons. The van der Waals surface area contributed by atoms with Gasteiger partial charge in [0, 0.05) is 35.8 Å². The first-order chi connectivity index (χ1) is 11.5. The number of aryl methyl sites for hydroxylation is 1. The lowest BCUT2D eigenvalue weighted by Gasteiger charge is -2.02. The number of nitrogens with one attached hydrogen (secondary N) is 1. The van der Waals surface area contributed by atoms with Gasteiger partial charge in [-0.3, -0.25) is 9.59 Å². The van der Waals surface area contributed by atoms with Gasteiger partial charge in [0.1, 0.15) is 11.5 Å². The van der Waals surface area contributed by atoms with Crippen LogP contribution in [0.1, 0.15) is 16.1 Å². The van der Waals surface area contributed by atoms with Crippen molar-refractivity contribution in [3.63, 3.8) is 0 Å². The Hall–Kier alpha value is -3.41. The molecule has 2 aromatic heterocycles.